The van der Waals surface area contributed by atoms with Crippen LogP contribution in [0.5, 0.6) is 0 Å². The highest BCUT2D eigenvalue weighted by Gasteiger charge is 2.58. The highest BCUT2D eigenvalue weighted by atomic mass is 31.2. The summed E-state index contributed by atoms with van der Waals surface area (Å²) in [5.41, 5.74) is 0. The Morgan fingerprint density at radius 1 is 0.478 bits per heavy atom. The predicted octanol–water partition coefficient (Wildman–Crippen LogP) is 4.81. The van der Waals surface area contributed by atoms with Gasteiger partial charge in [0.15, 0.2) is 0 Å². The molecule has 23 heavy (non-hydrogen) atoms. The second kappa shape index (κ2) is 12.6. The van der Waals surface area contributed by atoms with Crippen molar-refractivity contribution in [3.63, 3.8) is 0 Å². The third-order valence-corrected chi connectivity index (χ3v) is 10.1. The van der Waals surface area contributed by atoms with Gasteiger partial charge in [0.05, 0.1) is 0 Å². The maximum atomic E-state index is 2.82. The molecule has 0 fully saturated rings. The van der Waals surface area contributed by atoms with Crippen LogP contribution in [0.15, 0.2) is 0 Å². The topological polar surface area (TPSA) is 13.0 Å². The highest BCUT2D eigenvalue weighted by Crippen LogP contribution is 2.69. The average molecular weight is 348 g/mol. The molecule has 0 saturated heterocycles. The minimum absolute atomic E-state index is 1.12. The molecule has 0 amide bonds. The van der Waals surface area contributed by atoms with E-state index in [9.17, 15) is 0 Å². The van der Waals surface area contributed by atoms with Crippen molar-refractivity contribution < 1.29 is 0 Å². The van der Waals surface area contributed by atoms with Crippen molar-refractivity contribution in [1.29, 1.82) is 0 Å². The second-order valence-electron chi connectivity index (χ2n) is 5.85. The quantitative estimate of drug-likeness (QED) is 0.418. The van der Waals surface area contributed by atoms with Crippen molar-refractivity contribution in [2.45, 2.75) is 68.2 Å². The molecule has 0 radical (unpaired) electrons. The van der Waals surface area contributed by atoms with Gasteiger partial charge in [0.25, 0.3) is 0 Å². The minimum Gasteiger partial charge on any atom is -0.134 e. The van der Waals surface area contributed by atoms with E-state index in [1.165, 1.54) is 19.4 Å². The zero-order valence-electron chi connectivity index (χ0n) is 17.3. The van der Waals surface area contributed by atoms with Gasteiger partial charge < -0.3 is 0 Å². The largest absolute Gasteiger partial charge is 0.308 e. The molecular formula is C18H44N4P+. The van der Waals surface area contributed by atoms with Crippen LogP contribution >= 0.6 is 7.87 Å². The Hall–Kier alpha value is 0.270. The Labute approximate surface area is 147 Å². The summed E-state index contributed by atoms with van der Waals surface area (Å²) in [5.74, 6) is 0. The van der Waals surface area contributed by atoms with Gasteiger partial charge in [-0.15, -0.1) is 18.7 Å². The van der Waals surface area contributed by atoms with Crippen LogP contribution in [0, 0.1) is 0 Å². The van der Waals surface area contributed by atoms with E-state index < -0.39 is 7.87 Å². The van der Waals surface area contributed by atoms with Crippen molar-refractivity contribution in [1.82, 2.24) is 18.7 Å². The van der Waals surface area contributed by atoms with Gasteiger partial charge in [0, 0.05) is 52.4 Å². The monoisotopic (exact) mass is 347 g/mol. The fraction of sp³-hybridized carbons (Fsp3) is 1.00. The molecular weight excluding hydrogens is 303 g/mol. The Bertz CT molecular complexity index is 245. The normalized spacial score (nSPS) is 13.0. The van der Waals surface area contributed by atoms with E-state index in [1.807, 2.05) is 0 Å². The smallest absolute Gasteiger partial charge is 0.134 e. The number of unbranched alkanes of at least 4 members (excludes halogenated alkanes) is 1. The summed E-state index contributed by atoms with van der Waals surface area (Å²) in [7, 11) is -1.63. The molecule has 0 aromatic heterocycles. The summed E-state index contributed by atoms with van der Waals surface area (Å²) in [4.78, 5) is 0. The lowest BCUT2D eigenvalue weighted by Crippen LogP contribution is -2.53. The molecule has 0 aromatic carbocycles. The zero-order chi connectivity index (χ0) is 17.9. The number of rotatable bonds is 14. The van der Waals surface area contributed by atoms with Crippen LogP contribution in [0.25, 0.3) is 0 Å². The molecule has 0 atom stereocenters. The summed E-state index contributed by atoms with van der Waals surface area (Å²) >= 11 is 0. The second-order valence-corrected chi connectivity index (χ2v) is 9.19. The van der Waals surface area contributed by atoms with Gasteiger partial charge in [-0.25, -0.2) is 0 Å². The first-order valence-corrected chi connectivity index (χ1v) is 11.6. The molecule has 0 N–H and O–H groups in total. The van der Waals surface area contributed by atoms with E-state index in [0.717, 1.165) is 45.8 Å². The van der Waals surface area contributed by atoms with E-state index >= 15 is 0 Å². The van der Waals surface area contributed by atoms with Crippen LogP contribution in [-0.2, 0) is 0 Å². The molecule has 0 aliphatic heterocycles. The molecule has 140 valence electrons. The maximum Gasteiger partial charge on any atom is 0.308 e. The summed E-state index contributed by atoms with van der Waals surface area (Å²) in [6, 6.07) is 0. The van der Waals surface area contributed by atoms with Gasteiger partial charge in [0.1, 0.15) is 0 Å². The molecule has 0 aliphatic carbocycles. The molecule has 0 bridgehead atoms. The van der Waals surface area contributed by atoms with Crippen molar-refractivity contribution >= 4 is 7.87 Å². The standard InChI is InChI=1S/C18H44N4P/c1-9-17-18-22(16-8)23(19(10-2)11-3,20(12-4)13-5)21(14-6)15-7/h9-18H2,1-8H3/q+1. The molecule has 0 saturated carbocycles. The number of hydrogen-bond acceptors (Lipinski definition) is 4. The van der Waals surface area contributed by atoms with Crippen molar-refractivity contribution in [2.24, 2.45) is 0 Å². The van der Waals surface area contributed by atoms with E-state index in [2.05, 4.69) is 74.1 Å². The average Bonchev–Trinajstić information content (AvgIpc) is 2.58. The molecule has 5 heteroatoms. The fourth-order valence-electron chi connectivity index (χ4n) is 3.71. The first kappa shape index (κ1) is 23.3. The summed E-state index contributed by atoms with van der Waals surface area (Å²) in [6.07, 6.45) is 2.56. The minimum atomic E-state index is -1.63. The van der Waals surface area contributed by atoms with Gasteiger partial charge in [-0.1, -0.05) is 13.3 Å². The third-order valence-electron chi connectivity index (χ3n) is 4.84. The van der Waals surface area contributed by atoms with Crippen molar-refractivity contribution in [3.05, 3.63) is 0 Å². The SMILES string of the molecule is CCCCN(CC)[P+](N(CC)CC)(N(CC)CC)N(CC)CC. The molecule has 0 rings (SSSR count). The lowest BCUT2D eigenvalue weighted by atomic mass is 10.3. The molecule has 0 aliphatic rings. The summed E-state index contributed by atoms with van der Waals surface area (Å²) in [6.45, 7) is 27.7. The summed E-state index contributed by atoms with van der Waals surface area (Å²) in [5, 5.41) is 0. The number of nitrogens with zero attached hydrogens (tertiary/aromatic N) is 4. The van der Waals surface area contributed by atoms with Crippen molar-refractivity contribution in [2.75, 3.05) is 52.4 Å². The zero-order valence-corrected chi connectivity index (χ0v) is 18.2. The van der Waals surface area contributed by atoms with Crippen LogP contribution in [0.2, 0.25) is 0 Å². The molecule has 0 spiro atoms. The molecule has 0 aromatic rings. The van der Waals surface area contributed by atoms with Crippen LogP contribution in [0.4, 0.5) is 0 Å². The lowest BCUT2D eigenvalue weighted by Gasteiger charge is -2.50. The van der Waals surface area contributed by atoms with E-state index in [4.69, 9.17) is 0 Å². The molecule has 4 nitrogen and oxygen atoms in total. The van der Waals surface area contributed by atoms with Crippen LogP contribution in [-0.4, -0.2) is 71.0 Å². The van der Waals surface area contributed by atoms with Gasteiger partial charge in [-0.05, 0) is 54.9 Å². The molecule has 0 unspecified atom stereocenters. The van der Waals surface area contributed by atoms with E-state index in [1.54, 1.807) is 0 Å². The predicted molar refractivity (Wildman–Crippen MR) is 108 cm³/mol. The summed E-state index contributed by atoms with van der Waals surface area (Å²) < 4.78 is 11.1. The Kier molecular flexibility index (Phi) is 12.8. The molecule has 0 heterocycles. The number of hydrogen-bond donors (Lipinski definition) is 0. The van der Waals surface area contributed by atoms with Gasteiger partial charge >= 0.3 is 7.87 Å². The van der Waals surface area contributed by atoms with Crippen LogP contribution in [0.1, 0.15) is 68.2 Å². The Morgan fingerprint density at radius 3 is 1.00 bits per heavy atom. The third kappa shape index (κ3) is 5.12. The van der Waals surface area contributed by atoms with Crippen LogP contribution < -0.4 is 0 Å². The lowest BCUT2D eigenvalue weighted by molar-refractivity contribution is 0.256. The fourth-order valence-corrected chi connectivity index (χ4v) is 8.92. The first-order valence-electron chi connectivity index (χ1n) is 9.99. The van der Waals surface area contributed by atoms with Gasteiger partial charge in [0.2, 0.25) is 0 Å². The Morgan fingerprint density at radius 2 is 0.783 bits per heavy atom. The Balaban J connectivity index is 6.17. The first-order chi connectivity index (χ1) is 11.1. The van der Waals surface area contributed by atoms with Crippen molar-refractivity contribution in [3.8, 4) is 0 Å². The highest BCUT2D eigenvalue weighted by molar-refractivity contribution is 7.66. The van der Waals surface area contributed by atoms with E-state index in [0.29, 0.717) is 0 Å². The maximum absolute atomic E-state index is 2.82. The van der Waals surface area contributed by atoms with Crippen LogP contribution in [0.3, 0.4) is 0 Å². The van der Waals surface area contributed by atoms with E-state index in [-0.39, 0.29) is 0 Å². The van der Waals surface area contributed by atoms with Gasteiger partial charge in [-0.2, -0.15) is 0 Å². The van der Waals surface area contributed by atoms with Gasteiger partial charge in [-0.3, -0.25) is 0 Å².